The Morgan fingerprint density at radius 3 is 1.11 bits per heavy atom. The Balaban J connectivity index is 5.02. The van der Waals surface area contributed by atoms with Crippen LogP contribution >= 0.6 is 0 Å². The van der Waals surface area contributed by atoms with Crippen LogP contribution in [-0.4, -0.2) is 57.0 Å². The summed E-state index contributed by atoms with van der Waals surface area (Å²) in [4.78, 5) is 0. The normalized spacial score (nSPS) is 16.4. The van der Waals surface area contributed by atoms with E-state index in [9.17, 15) is 0 Å². The number of hydrogen-bond donors (Lipinski definition) is 0. The summed E-state index contributed by atoms with van der Waals surface area (Å²) in [6.45, 7) is 8.21. The number of hydrogen-bond acceptors (Lipinski definition) is 5. The lowest BCUT2D eigenvalue weighted by molar-refractivity contribution is 0.00859. The molecule has 0 aromatic rings. The first-order chi connectivity index (χ1) is 8.87. The van der Waals surface area contributed by atoms with Gasteiger partial charge in [0.15, 0.2) is 0 Å². The molecule has 0 bridgehead atoms. The topological polar surface area (TPSA) is 46.2 Å². The Labute approximate surface area is 120 Å². The van der Waals surface area contributed by atoms with E-state index in [1.165, 1.54) is 0 Å². The molecule has 0 aliphatic rings. The average Bonchev–Trinajstić information content (AvgIpc) is 2.46. The summed E-state index contributed by atoms with van der Waals surface area (Å²) in [6, 6.07) is 0. The van der Waals surface area contributed by atoms with Crippen LogP contribution in [0, 0.1) is 0 Å². The molecule has 0 N–H and O–H groups in total. The molecule has 19 heavy (non-hydrogen) atoms. The lowest BCUT2D eigenvalue weighted by Gasteiger charge is -2.38. The smallest absolute Gasteiger partial charge is 0.364 e. The van der Waals surface area contributed by atoms with Gasteiger partial charge in [0.2, 0.25) is 0 Å². The van der Waals surface area contributed by atoms with Crippen LogP contribution in [0.4, 0.5) is 0 Å². The third-order valence-electron chi connectivity index (χ3n) is 3.86. The molecule has 0 fully saturated rings. The van der Waals surface area contributed by atoms with Gasteiger partial charge in [0.05, 0.1) is 0 Å². The maximum Gasteiger partial charge on any atom is 0.364 e. The molecule has 116 valence electrons. The van der Waals surface area contributed by atoms with Crippen molar-refractivity contribution in [2.24, 2.45) is 0 Å². The summed E-state index contributed by atoms with van der Waals surface area (Å²) in [5.41, 5.74) is -0.0749. The molecule has 0 spiro atoms. The highest BCUT2D eigenvalue weighted by molar-refractivity contribution is 6.68. The molecular weight excluding hydrogens is 280 g/mol. The highest BCUT2D eigenvalue weighted by Crippen LogP contribution is 2.24. The van der Waals surface area contributed by atoms with E-state index in [1.54, 1.807) is 28.4 Å². The molecular formula is C12H30O5Si2. The van der Waals surface area contributed by atoms with Crippen LogP contribution in [0.25, 0.3) is 0 Å². The summed E-state index contributed by atoms with van der Waals surface area (Å²) in [5.74, 6) is 0. The third kappa shape index (κ3) is 4.62. The molecule has 0 heterocycles. The minimum Gasteiger partial charge on any atom is -0.396 e. The number of rotatable bonds is 10. The van der Waals surface area contributed by atoms with E-state index in [-0.39, 0.29) is 11.5 Å². The summed E-state index contributed by atoms with van der Waals surface area (Å²) >= 11 is 0. The second kappa shape index (κ2) is 8.50. The molecule has 0 aromatic heterocycles. The van der Waals surface area contributed by atoms with Crippen LogP contribution in [0.3, 0.4) is 0 Å². The minimum absolute atomic E-state index is 0.0374. The van der Waals surface area contributed by atoms with Crippen molar-refractivity contribution < 1.29 is 22.4 Å². The Morgan fingerprint density at radius 2 is 0.947 bits per heavy atom. The summed E-state index contributed by atoms with van der Waals surface area (Å²) < 4.78 is 28.6. The van der Waals surface area contributed by atoms with Crippen LogP contribution in [0.1, 0.15) is 26.7 Å². The van der Waals surface area contributed by atoms with Gasteiger partial charge in [-0.2, -0.15) is 0 Å². The fraction of sp³-hybridized carbons (Fsp3) is 1.00. The van der Waals surface area contributed by atoms with Gasteiger partial charge >= 0.3 is 17.1 Å². The van der Waals surface area contributed by atoms with Crippen molar-refractivity contribution in [3.63, 3.8) is 0 Å². The molecule has 0 saturated carbocycles. The number of ether oxygens (including phenoxy) is 1. The zero-order valence-electron chi connectivity index (χ0n) is 13.6. The summed E-state index contributed by atoms with van der Waals surface area (Å²) in [7, 11) is 2.10. The maximum absolute atomic E-state index is 6.27. The van der Waals surface area contributed by atoms with Gasteiger partial charge in [-0.3, -0.25) is 0 Å². The van der Waals surface area contributed by atoms with Gasteiger partial charge in [0, 0.05) is 28.4 Å². The van der Waals surface area contributed by atoms with Crippen molar-refractivity contribution in [1.29, 1.82) is 0 Å². The van der Waals surface area contributed by atoms with Crippen LogP contribution in [-0.2, 0) is 22.4 Å². The first-order valence-corrected chi connectivity index (χ1v) is 11.5. The molecule has 0 saturated heterocycles. The van der Waals surface area contributed by atoms with Gasteiger partial charge in [0.1, 0.15) is 11.5 Å². The quantitative estimate of drug-likeness (QED) is 0.580. The lowest BCUT2D eigenvalue weighted by atomic mass is 10.5. The summed E-state index contributed by atoms with van der Waals surface area (Å²) in [5, 5.41) is 0. The van der Waals surface area contributed by atoms with Gasteiger partial charge in [-0.25, -0.2) is 0 Å². The van der Waals surface area contributed by atoms with Crippen LogP contribution in [0.5, 0.6) is 0 Å². The largest absolute Gasteiger partial charge is 0.396 e. The maximum atomic E-state index is 6.27. The van der Waals surface area contributed by atoms with Crippen molar-refractivity contribution in [2.45, 2.75) is 51.2 Å². The molecule has 2 atom stereocenters. The Hall–Kier alpha value is 0.234. The lowest BCUT2D eigenvalue weighted by Crippen LogP contribution is -2.57. The Bertz CT molecular complexity index is 220. The molecule has 0 aliphatic heterocycles. The first-order valence-electron chi connectivity index (χ1n) is 6.73. The van der Waals surface area contributed by atoms with E-state index >= 15 is 0 Å². The van der Waals surface area contributed by atoms with E-state index in [0.29, 0.717) is 0 Å². The predicted molar refractivity (Wildman–Crippen MR) is 80.5 cm³/mol. The molecule has 0 aliphatic carbocycles. The molecule has 0 rings (SSSR count). The van der Waals surface area contributed by atoms with E-state index in [1.807, 2.05) is 13.1 Å². The van der Waals surface area contributed by atoms with Gasteiger partial charge in [-0.05, 0) is 25.9 Å². The third-order valence-corrected chi connectivity index (χ3v) is 10.5. The zero-order valence-corrected chi connectivity index (χ0v) is 15.6. The second-order valence-corrected chi connectivity index (χ2v) is 11.8. The molecule has 0 amide bonds. The van der Waals surface area contributed by atoms with Crippen molar-refractivity contribution in [2.75, 3.05) is 28.4 Å². The predicted octanol–water partition coefficient (Wildman–Crippen LogP) is 2.37. The van der Waals surface area contributed by atoms with Gasteiger partial charge in [-0.1, -0.05) is 13.8 Å². The van der Waals surface area contributed by atoms with Gasteiger partial charge < -0.3 is 22.4 Å². The molecule has 2 unspecified atom stereocenters. The average molecular weight is 311 g/mol. The highest BCUT2D eigenvalue weighted by Gasteiger charge is 2.46. The summed E-state index contributed by atoms with van der Waals surface area (Å²) in [6.07, 6.45) is 1.69. The standard InChI is InChI=1S/C12H30O5Si2/c1-9-11(18(7,13-3)14-4)17-12(10-2)19(8,15-5)16-6/h11-12H,9-10H2,1-8H3. The van der Waals surface area contributed by atoms with Gasteiger partial charge in [-0.15, -0.1) is 0 Å². The van der Waals surface area contributed by atoms with Crippen molar-refractivity contribution in [3.8, 4) is 0 Å². The fourth-order valence-electron chi connectivity index (χ4n) is 2.07. The van der Waals surface area contributed by atoms with E-state index in [4.69, 9.17) is 22.4 Å². The van der Waals surface area contributed by atoms with E-state index in [2.05, 4.69) is 13.8 Å². The van der Waals surface area contributed by atoms with Crippen molar-refractivity contribution in [1.82, 2.24) is 0 Å². The molecule has 5 nitrogen and oxygen atoms in total. The van der Waals surface area contributed by atoms with Crippen LogP contribution in [0.2, 0.25) is 13.1 Å². The molecule has 0 radical (unpaired) electrons. The van der Waals surface area contributed by atoms with Crippen LogP contribution in [0.15, 0.2) is 0 Å². The first kappa shape index (κ1) is 19.2. The highest BCUT2D eigenvalue weighted by atomic mass is 28.4. The van der Waals surface area contributed by atoms with Gasteiger partial charge in [0.25, 0.3) is 0 Å². The van der Waals surface area contributed by atoms with Crippen molar-refractivity contribution in [3.05, 3.63) is 0 Å². The van der Waals surface area contributed by atoms with E-state index in [0.717, 1.165) is 12.8 Å². The molecule has 7 heteroatoms. The minimum atomic E-state index is -2.32. The van der Waals surface area contributed by atoms with E-state index < -0.39 is 17.1 Å². The Morgan fingerprint density at radius 1 is 0.684 bits per heavy atom. The second-order valence-electron chi connectivity index (χ2n) is 4.78. The monoisotopic (exact) mass is 310 g/mol. The van der Waals surface area contributed by atoms with Crippen molar-refractivity contribution >= 4 is 17.1 Å². The fourth-order valence-corrected chi connectivity index (χ4v) is 5.90. The SMILES string of the molecule is CCC(OC(CC)[Si](C)(OC)OC)[Si](C)(OC)OC. The molecule has 0 aromatic carbocycles. The Kier molecular flexibility index (Phi) is 8.61. The zero-order chi connectivity index (χ0) is 15.1. The van der Waals surface area contributed by atoms with Crippen LogP contribution < -0.4 is 0 Å².